The summed E-state index contributed by atoms with van der Waals surface area (Å²) >= 11 is 1.67. The number of hydrogen-bond acceptors (Lipinski definition) is 5. The first-order chi connectivity index (χ1) is 9.40. The van der Waals surface area contributed by atoms with Crippen LogP contribution in [0.15, 0.2) is 28.1 Å². The molecule has 5 rings (SSSR count). The average Bonchev–Trinajstić information content (AvgIpc) is 3.05. The van der Waals surface area contributed by atoms with Crippen molar-refractivity contribution in [3.8, 4) is 10.8 Å². The van der Waals surface area contributed by atoms with E-state index in [4.69, 9.17) is 4.42 Å². The molecule has 5 heterocycles. The van der Waals surface area contributed by atoms with Gasteiger partial charge in [-0.15, -0.1) is 11.3 Å². The molecule has 19 heavy (non-hydrogen) atoms. The lowest BCUT2D eigenvalue weighted by Gasteiger charge is -2.30. The van der Waals surface area contributed by atoms with Crippen LogP contribution < -0.4 is 4.90 Å². The molecule has 3 aliphatic heterocycles. The fourth-order valence-corrected chi connectivity index (χ4v) is 3.75. The quantitative estimate of drug-likeness (QED) is 0.843. The van der Waals surface area contributed by atoms with Gasteiger partial charge in [0.05, 0.1) is 11.1 Å². The van der Waals surface area contributed by atoms with Crippen LogP contribution in [-0.4, -0.2) is 42.1 Å². The van der Waals surface area contributed by atoms with Crippen molar-refractivity contribution in [2.24, 2.45) is 0 Å². The van der Waals surface area contributed by atoms with E-state index >= 15 is 0 Å². The lowest BCUT2D eigenvalue weighted by atomic mass is 10.1. The summed E-state index contributed by atoms with van der Waals surface area (Å²) in [6.45, 7) is 4.66. The van der Waals surface area contributed by atoms with Gasteiger partial charge in [-0.1, -0.05) is 6.07 Å². The summed E-state index contributed by atoms with van der Waals surface area (Å²) in [6.07, 6.45) is 4.38. The molecule has 5 heteroatoms. The number of piperidine rings is 1. The standard InChI is InChI=1S/C14H17N3OS/c1-2-12(19-9-1)14-15-10-13(18-14)17-8-7-16-5-3-11(17)4-6-16/h1-2,9-11H,3-8H2. The molecule has 3 saturated heterocycles. The maximum absolute atomic E-state index is 5.98. The van der Waals surface area contributed by atoms with Crippen LogP contribution in [0.1, 0.15) is 12.8 Å². The molecule has 3 fully saturated rings. The summed E-state index contributed by atoms with van der Waals surface area (Å²) in [6, 6.07) is 4.72. The van der Waals surface area contributed by atoms with Gasteiger partial charge in [-0.25, -0.2) is 4.98 Å². The predicted molar refractivity (Wildman–Crippen MR) is 76.6 cm³/mol. The molecule has 2 aromatic heterocycles. The minimum Gasteiger partial charge on any atom is -0.420 e. The van der Waals surface area contributed by atoms with Gasteiger partial charge in [-0.05, 0) is 24.3 Å². The molecule has 0 unspecified atom stereocenters. The molecule has 0 saturated carbocycles. The van der Waals surface area contributed by atoms with Crippen molar-refractivity contribution in [3.63, 3.8) is 0 Å². The van der Waals surface area contributed by atoms with Gasteiger partial charge >= 0.3 is 0 Å². The Kier molecular flexibility index (Phi) is 2.81. The molecule has 0 radical (unpaired) electrons. The predicted octanol–water partition coefficient (Wildman–Crippen LogP) is 2.69. The highest BCUT2D eigenvalue weighted by atomic mass is 32.1. The molecular formula is C14H17N3OS. The Hall–Kier alpha value is -1.33. The summed E-state index contributed by atoms with van der Waals surface area (Å²) < 4.78 is 5.98. The Bertz CT molecular complexity index is 543. The molecule has 2 bridgehead atoms. The van der Waals surface area contributed by atoms with E-state index in [0.717, 1.165) is 29.7 Å². The number of fused-ring (bicyclic) bond motifs is 4. The first kappa shape index (κ1) is 11.5. The molecule has 0 spiro atoms. The molecule has 0 atom stereocenters. The third-order valence-corrected chi connectivity index (χ3v) is 5.02. The first-order valence-corrected chi connectivity index (χ1v) is 7.77. The van der Waals surface area contributed by atoms with E-state index in [-0.39, 0.29) is 0 Å². The largest absolute Gasteiger partial charge is 0.420 e. The van der Waals surface area contributed by atoms with E-state index in [2.05, 4.69) is 26.2 Å². The van der Waals surface area contributed by atoms with Crippen LogP contribution >= 0.6 is 11.3 Å². The van der Waals surface area contributed by atoms with Crippen molar-refractivity contribution >= 4 is 17.2 Å². The highest BCUT2D eigenvalue weighted by molar-refractivity contribution is 7.13. The van der Waals surface area contributed by atoms with Gasteiger partial charge in [-0.3, -0.25) is 0 Å². The average molecular weight is 275 g/mol. The SMILES string of the molecule is c1csc(-c2ncc(N3CCN4CCC3CC4)o2)c1. The van der Waals surface area contributed by atoms with E-state index in [1.807, 2.05) is 12.3 Å². The van der Waals surface area contributed by atoms with Gasteiger partial charge < -0.3 is 14.2 Å². The summed E-state index contributed by atoms with van der Waals surface area (Å²) in [5.74, 6) is 1.70. The minimum atomic E-state index is 0.628. The summed E-state index contributed by atoms with van der Waals surface area (Å²) in [5.41, 5.74) is 0. The molecule has 2 aromatic rings. The van der Waals surface area contributed by atoms with Crippen LogP contribution in [0.25, 0.3) is 10.8 Å². The van der Waals surface area contributed by atoms with Crippen LogP contribution in [0, 0.1) is 0 Å². The van der Waals surface area contributed by atoms with E-state index < -0.39 is 0 Å². The van der Waals surface area contributed by atoms with Crippen molar-refractivity contribution in [1.29, 1.82) is 0 Å². The van der Waals surface area contributed by atoms with Crippen LogP contribution in [0.2, 0.25) is 0 Å². The highest BCUT2D eigenvalue weighted by Gasteiger charge is 2.30. The number of aromatic nitrogens is 1. The smallest absolute Gasteiger partial charge is 0.238 e. The van der Waals surface area contributed by atoms with Gasteiger partial charge in [-0.2, -0.15) is 0 Å². The van der Waals surface area contributed by atoms with Gasteiger partial charge in [0, 0.05) is 32.2 Å². The third kappa shape index (κ3) is 2.07. The molecular weight excluding hydrogens is 258 g/mol. The Labute approximate surface area is 116 Å². The molecule has 0 aromatic carbocycles. The zero-order valence-corrected chi connectivity index (χ0v) is 11.6. The third-order valence-electron chi connectivity index (χ3n) is 4.16. The first-order valence-electron chi connectivity index (χ1n) is 6.89. The monoisotopic (exact) mass is 275 g/mol. The Morgan fingerprint density at radius 2 is 2.11 bits per heavy atom. The number of thiophene rings is 1. The van der Waals surface area contributed by atoms with Crippen LogP contribution in [0.4, 0.5) is 5.88 Å². The van der Waals surface area contributed by atoms with Crippen molar-refractivity contribution in [2.75, 3.05) is 31.1 Å². The van der Waals surface area contributed by atoms with Crippen molar-refractivity contribution in [3.05, 3.63) is 23.7 Å². The number of rotatable bonds is 2. The summed E-state index contributed by atoms with van der Waals surface area (Å²) in [7, 11) is 0. The fraction of sp³-hybridized carbons (Fsp3) is 0.500. The molecule has 100 valence electrons. The second-order valence-corrected chi connectivity index (χ2v) is 6.19. The van der Waals surface area contributed by atoms with Gasteiger partial charge in [0.25, 0.3) is 0 Å². The number of anilines is 1. The maximum atomic E-state index is 5.98. The molecule has 4 nitrogen and oxygen atoms in total. The Morgan fingerprint density at radius 3 is 2.89 bits per heavy atom. The van der Waals surface area contributed by atoms with Gasteiger partial charge in [0.15, 0.2) is 0 Å². The normalized spacial score (nSPS) is 26.6. The lowest BCUT2D eigenvalue weighted by molar-refractivity contribution is 0.249. The minimum absolute atomic E-state index is 0.628. The summed E-state index contributed by atoms with van der Waals surface area (Å²) in [4.78, 5) is 10.5. The van der Waals surface area contributed by atoms with Crippen molar-refractivity contribution in [2.45, 2.75) is 18.9 Å². The molecule has 0 aliphatic carbocycles. The Balaban J connectivity index is 1.62. The maximum Gasteiger partial charge on any atom is 0.238 e. The van der Waals surface area contributed by atoms with E-state index in [1.54, 1.807) is 11.3 Å². The van der Waals surface area contributed by atoms with Crippen LogP contribution in [0.5, 0.6) is 0 Å². The molecule has 0 amide bonds. The van der Waals surface area contributed by atoms with Crippen molar-refractivity contribution in [1.82, 2.24) is 9.88 Å². The van der Waals surface area contributed by atoms with Crippen molar-refractivity contribution < 1.29 is 4.42 Å². The van der Waals surface area contributed by atoms with E-state index in [9.17, 15) is 0 Å². The number of nitrogens with zero attached hydrogens (tertiary/aromatic N) is 3. The number of oxazole rings is 1. The van der Waals surface area contributed by atoms with Gasteiger partial charge in [0.1, 0.15) is 0 Å². The highest BCUT2D eigenvalue weighted by Crippen LogP contribution is 2.31. The lowest BCUT2D eigenvalue weighted by Crippen LogP contribution is -2.37. The van der Waals surface area contributed by atoms with E-state index in [0.29, 0.717) is 6.04 Å². The molecule has 3 aliphatic rings. The Morgan fingerprint density at radius 1 is 1.21 bits per heavy atom. The van der Waals surface area contributed by atoms with Gasteiger partial charge in [0.2, 0.25) is 11.8 Å². The zero-order chi connectivity index (χ0) is 12.7. The van der Waals surface area contributed by atoms with E-state index in [1.165, 1.54) is 25.9 Å². The molecule has 0 N–H and O–H groups in total. The fourth-order valence-electron chi connectivity index (χ4n) is 3.09. The van der Waals surface area contributed by atoms with Crippen LogP contribution in [0.3, 0.4) is 0 Å². The zero-order valence-electron chi connectivity index (χ0n) is 10.8. The topological polar surface area (TPSA) is 32.5 Å². The summed E-state index contributed by atoms with van der Waals surface area (Å²) in [5, 5.41) is 2.06. The second-order valence-electron chi connectivity index (χ2n) is 5.25. The number of hydrogen-bond donors (Lipinski definition) is 0. The van der Waals surface area contributed by atoms with Crippen LogP contribution in [-0.2, 0) is 0 Å². The second kappa shape index (κ2) is 4.65.